The molecule has 3 aromatic rings. The molecule has 0 spiro atoms. The highest BCUT2D eigenvalue weighted by molar-refractivity contribution is 5.97. The van der Waals surface area contributed by atoms with Crippen molar-refractivity contribution in [1.29, 1.82) is 0 Å². The standard InChI is InChI=1S/C25H25FN2O2/c1-17(2)22(27-24(29)20-13-15-21(26)16-14-20)25(30)28-23(18-9-5-3-6-10-18)19-11-7-4-8-12-19/h3-17,22-23H,1-2H3,(H,27,29)(H,28,30)/t22-/m0/s1. The van der Waals surface area contributed by atoms with Crippen LogP contribution >= 0.6 is 0 Å². The molecular weight excluding hydrogens is 379 g/mol. The van der Waals surface area contributed by atoms with Crippen molar-refractivity contribution in [3.05, 3.63) is 107 Å². The summed E-state index contributed by atoms with van der Waals surface area (Å²) in [6.07, 6.45) is 0. The monoisotopic (exact) mass is 404 g/mol. The molecule has 0 bridgehead atoms. The minimum Gasteiger partial charge on any atom is -0.343 e. The molecular formula is C25H25FN2O2. The summed E-state index contributed by atoms with van der Waals surface area (Å²) in [6, 6.07) is 23.5. The van der Waals surface area contributed by atoms with Crippen molar-refractivity contribution < 1.29 is 14.0 Å². The van der Waals surface area contributed by atoms with E-state index in [4.69, 9.17) is 0 Å². The smallest absolute Gasteiger partial charge is 0.251 e. The lowest BCUT2D eigenvalue weighted by Gasteiger charge is -2.26. The molecule has 30 heavy (non-hydrogen) atoms. The maximum absolute atomic E-state index is 13.2. The van der Waals surface area contributed by atoms with E-state index in [-0.39, 0.29) is 17.9 Å². The van der Waals surface area contributed by atoms with E-state index in [0.29, 0.717) is 5.56 Å². The van der Waals surface area contributed by atoms with Crippen molar-refractivity contribution in [1.82, 2.24) is 10.6 Å². The second-order valence-electron chi connectivity index (χ2n) is 7.47. The molecule has 0 aliphatic rings. The molecule has 2 N–H and O–H groups in total. The van der Waals surface area contributed by atoms with E-state index in [1.807, 2.05) is 74.5 Å². The molecule has 2 amide bonds. The third-order valence-electron chi connectivity index (χ3n) is 4.89. The summed E-state index contributed by atoms with van der Waals surface area (Å²) in [7, 11) is 0. The Morgan fingerprint density at radius 2 is 1.23 bits per heavy atom. The highest BCUT2D eigenvalue weighted by Gasteiger charge is 2.27. The molecule has 0 aliphatic heterocycles. The normalized spacial score (nSPS) is 11.9. The Bertz CT molecular complexity index is 934. The molecule has 0 radical (unpaired) electrons. The van der Waals surface area contributed by atoms with Gasteiger partial charge in [-0.15, -0.1) is 0 Å². The van der Waals surface area contributed by atoms with Crippen LogP contribution in [-0.2, 0) is 4.79 Å². The molecule has 154 valence electrons. The van der Waals surface area contributed by atoms with E-state index in [2.05, 4.69) is 10.6 Å². The predicted molar refractivity (Wildman–Crippen MR) is 115 cm³/mol. The first kappa shape index (κ1) is 21.2. The summed E-state index contributed by atoms with van der Waals surface area (Å²) in [4.78, 5) is 25.8. The molecule has 0 aromatic heterocycles. The van der Waals surface area contributed by atoms with Gasteiger partial charge in [0.15, 0.2) is 0 Å². The zero-order chi connectivity index (χ0) is 21.5. The molecule has 0 saturated carbocycles. The van der Waals surface area contributed by atoms with E-state index >= 15 is 0 Å². The number of hydrogen-bond acceptors (Lipinski definition) is 2. The first-order chi connectivity index (χ1) is 14.5. The predicted octanol–water partition coefficient (Wildman–Crippen LogP) is 4.49. The Labute approximate surface area is 176 Å². The third-order valence-corrected chi connectivity index (χ3v) is 4.89. The Morgan fingerprint density at radius 3 is 1.70 bits per heavy atom. The van der Waals surface area contributed by atoms with Crippen LogP contribution in [0.25, 0.3) is 0 Å². The molecule has 0 aliphatic carbocycles. The highest BCUT2D eigenvalue weighted by Crippen LogP contribution is 2.22. The lowest BCUT2D eigenvalue weighted by atomic mass is 9.96. The van der Waals surface area contributed by atoms with Crippen LogP contribution in [0, 0.1) is 11.7 Å². The van der Waals surface area contributed by atoms with Gasteiger partial charge < -0.3 is 10.6 Å². The third kappa shape index (κ3) is 5.32. The number of hydrogen-bond donors (Lipinski definition) is 2. The number of carbonyl (C=O) groups is 2. The zero-order valence-electron chi connectivity index (χ0n) is 17.0. The lowest BCUT2D eigenvalue weighted by molar-refractivity contribution is -0.124. The minimum atomic E-state index is -0.738. The SMILES string of the molecule is CC(C)[C@H](NC(=O)c1ccc(F)cc1)C(=O)NC(c1ccccc1)c1ccccc1. The summed E-state index contributed by atoms with van der Waals surface area (Å²) in [5.74, 6) is -1.25. The quantitative estimate of drug-likeness (QED) is 0.610. The van der Waals surface area contributed by atoms with E-state index in [0.717, 1.165) is 11.1 Å². The number of nitrogens with one attached hydrogen (secondary N) is 2. The number of halogens is 1. The van der Waals surface area contributed by atoms with E-state index in [1.165, 1.54) is 24.3 Å². The van der Waals surface area contributed by atoms with E-state index < -0.39 is 17.8 Å². The fourth-order valence-electron chi connectivity index (χ4n) is 3.24. The van der Waals surface area contributed by atoms with Crippen LogP contribution in [0.2, 0.25) is 0 Å². The first-order valence-corrected chi connectivity index (χ1v) is 9.92. The van der Waals surface area contributed by atoms with Crippen LogP contribution in [0.4, 0.5) is 4.39 Å². The second kappa shape index (κ2) is 9.83. The Balaban J connectivity index is 1.81. The fourth-order valence-corrected chi connectivity index (χ4v) is 3.24. The van der Waals surface area contributed by atoms with Gasteiger partial charge in [-0.25, -0.2) is 4.39 Å². The summed E-state index contributed by atoms with van der Waals surface area (Å²) >= 11 is 0. The number of carbonyl (C=O) groups excluding carboxylic acids is 2. The number of rotatable bonds is 7. The topological polar surface area (TPSA) is 58.2 Å². The van der Waals surface area contributed by atoms with E-state index in [9.17, 15) is 14.0 Å². The number of amides is 2. The van der Waals surface area contributed by atoms with Gasteiger partial charge in [-0.05, 0) is 41.3 Å². The van der Waals surface area contributed by atoms with Crippen molar-refractivity contribution in [2.45, 2.75) is 25.9 Å². The first-order valence-electron chi connectivity index (χ1n) is 9.92. The van der Waals surface area contributed by atoms with Gasteiger partial charge >= 0.3 is 0 Å². The van der Waals surface area contributed by atoms with Crippen LogP contribution in [0.15, 0.2) is 84.9 Å². The van der Waals surface area contributed by atoms with Gasteiger partial charge in [0.1, 0.15) is 11.9 Å². The van der Waals surface area contributed by atoms with Crippen molar-refractivity contribution >= 4 is 11.8 Å². The van der Waals surface area contributed by atoms with Crippen LogP contribution in [0.1, 0.15) is 41.4 Å². The highest BCUT2D eigenvalue weighted by atomic mass is 19.1. The van der Waals surface area contributed by atoms with Gasteiger partial charge in [0.2, 0.25) is 5.91 Å². The molecule has 4 nitrogen and oxygen atoms in total. The Hall–Kier alpha value is -3.47. The maximum Gasteiger partial charge on any atom is 0.251 e. The molecule has 0 heterocycles. The second-order valence-corrected chi connectivity index (χ2v) is 7.47. The van der Waals surface area contributed by atoms with Gasteiger partial charge in [0, 0.05) is 5.56 Å². The fraction of sp³-hybridized carbons (Fsp3) is 0.200. The molecule has 0 saturated heterocycles. The number of benzene rings is 3. The van der Waals surface area contributed by atoms with Crippen LogP contribution in [0.3, 0.4) is 0 Å². The largest absolute Gasteiger partial charge is 0.343 e. The van der Waals surface area contributed by atoms with Crippen LogP contribution in [0.5, 0.6) is 0 Å². The van der Waals surface area contributed by atoms with E-state index in [1.54, 1.807) is 0 Å². The van der Waals surface area contributed by atoms with Crippen molar-refractivity contribution in [3.63, 3.8) is 0 Å². The summed E-state index contributed by atoms with van der Waals surface area (Å²) in [6.45, 7) is 3.74. The Morgan fingerprint density at radius 1 is 0.733 bits per heavy atom. The molecule has 0 fully saturated rings. The summed E-state index contributed by atoms with van der Waals surface area (Å²) < 4.78 is 13.1. The van der Waals surface area contributed by atoms with Crippen molar-refractivity contribution in [2.75, 3.05) is 0 Å². The molecule has 3 rings (SSSR count). The van der Waals surface area contributed by atoms with Crippen molar-refractivity contribution in [2.24, 2.45) is 5.92 Å². The summed E-state index contributed by atoms with van der Waals surface area (Å²) in [5, 5.41) is 5.87. The van der Waals surface area contributed by atoms with Gasteiger partial charge in [-0.3, -0.25) is 9.59 Å². The van der Waals surface area contributed by atoms with Crippen molar-refractivity contribution in [3.8, 4) is 0 Å². The average molecular weight is 404 g/mol. The average Bonchev–Trinajstić information content (AvgIpc) is 2.77. The summed E-state index contributed by atoms with van der Waals surface area (Å²) in [5.41, 5.74) is 2.20. The zero-order valence-corrected chi connectivity index (χ0v) is 17.0. The van der Waals surface area contributed by atoms with Gasteiger partial charge in [-0.1, -0.05) is 74.5 Å². The van der Waals surface area contributed by atoms with Gasteiger partial charge in [0.05, 0.1) is 6.04 Å². The van der Waals surface area contributed by atoms with Crippen LogP contribution in [-0.4, -0.2) is 17.9 Å². The molecule has 0 unspecified atom stereocenters. The molecule has 3 aromatic carbocycles. The lowest BCUT2D eigenvalue weighted by Crippen LogP contribution is -2.50. The maximum atomic E-state index is 13.2. The Kier molecular flexibility index (Phi) is 6.96. The minimum absolute atomic E-state index is 0.137. The van der Waals surface area contributed by atoms with Crippen LogP contribution < -0.4 is 10.6 Å². The van der Waals surface area contributed by atoms with Gasteiger partial charge in [0.25, 0.3) is 5.91 Å². The molecule has 1 atom stereocenters. The van der Waals surface area contributed by atoms with Gasteiger partial charge in [-0.2, -0.15) is 0 Å². The molecule has 5 heteroatoms.